The van der Waals surface area contributed by atoms with E-state index in [1.165, 1.54) is 29.9 Å². The molecule has 8 nitrogen and oxygen atoms in total. The highest BCUT2D eigenvalue weighted by atomic mass is 35.5. The molecule has 5 rings (SSSR count). The topological polar surface area (TPSA) is 122 Å². The first-order valence-corrected chi connectivity index (χ1v) is 10.4. The molecule has 0 atom stereocenters. The highest BCUT2D eigenvalue weighted by Crippen LogP contribution is 2.37. The van der Waals surface area contributed by atoms with Gasteiger partial charge in [-0.25, -0.2) is 9.97 Å². The van der Waals surface area contributed by atoms with Gasteiger partial charge in [0.15, 0.2) is 11.3 Å². The maximum Gasteiger partial charge on any atom is 0.417 e. The Balaban J connectivity index is 0.000000195. The van der Waals surface area contributed by atoms with E-state index in [1.807, 2.05) is 6.07 Å². The van der Waals surface area contributed by atoms with Crippen molar-refractivity contribution in [2.24, 2.45) is 7.05 Å². The fraction of sp³-hybridized carbons (Fsp3) is 0.136. The molecule has 0 saturated heterocycles. The number of aromatic amines is 1. The van der Waals surface area contributed by atoms with Gasteiger partial charge in [-0.05, 0) is 24.3 Å². The van der Waals surface area contributed by atoms with Crippen molar-refractivity contribution in [1.82, 2.24) is 29.9 Å². The number of hydrogen-bond donors (Lipinski definition) is 2. The second-order valence-corrected chi connectivity index (χ2v) is 7.98. The molecular formula is C22H13ClF6N8. The second kappa shape index (κ2) is 9.25. The molecule has 190 valence electrons. The van der Waals surface area contributed by atoms with Crippen LogP contribution in [0.3, 0.4) is 0 Å². The third kappa shape index (κ3) is 5.12. The van der Waals surface area contributed by atoms with Crippen LogP contribution in [0.1, 0.15) is 16.7 Å². The van der Waals surface area contributed by atoms with E-state index in [0.29, 0.717) is 5.56 Å². The summed E-state index contributed by atoms with van der Waals surface area (Å²) in [6.45, 7) is 0. The number of nitriles is 1. The largest absolute Gasteiger partial charge is 0.417 e. The number of nitrogens with two attached hydrogens (primary N) is 1. The summed E-state index contributed by atoms with van der Waals surface area (Å²) in [5.74, 6) is 0. The molecule has 0 aliphatic carbocycles. The lowest BCUT2D eigenvalue weighted by atomic mass is 10.0. The minimum absolute atomic E-state index is 0.0322. The number of nitrogens with zero attached hydrogens (tertiary/aromatic N) is 6. The molecule has 4 heterocycles. The van der Waals surface area contributed by atoms with Crippen LogP contribution in [0.2, 0.25) is 5.15 Å². The van der Waals surface area contributed by atoms with Crippen molar-refractivity contribution in [3.05, 3.63) is 64.6 Å². The first-order valence-electron chi connectivity index (χ1n) is 10.1. The van der Waals surface area contributed by atoms with E-state index < -0.39 is 23.5 Å². The molecule has 0 unspecified atom stereocenters. The highest BCUT2D eigenvalue weighted by Gasteiger charge is 2.35. The summed E-state index contributed by atoms with van der Waals surface area (Å²) in [5.41, 5.74) is 5.06. The lowest BCUT2D eigenvalue weighted by Gasteiger charge is -2.11. The van der Waals surface area contributed by atoms with Crippen LogP contribution in [0.15, 0.2) is 42.7 Å². The Kier molecular flexibility index (Phi) is 6.42. The van der Waals surface area contributed by atoms with Crippen molar-refractivity contribution in [2.45, 2.75) is 12.4 Å². The zero-order valence-electron chi connectivity index (χ0n) is 18.4. The number of nitrogens with one attached hydrogen (secondary N) is 1. The van der Waals surface area contributed by atoms with Crippen LogP contribution < -0.4 is 5.73 Å². The van der Waals surface area contributed by atoms with Crippen LogP contribution in [0.5, 0.6) is 0 Å². The normalized spacial score (nSPS) is 11.9. The Morgan fingerprint density at radius 1 is 0.973 bits per heavy atom. The zero-order chi connectivity index (χ0) is 27.1. The van der Waals surface area contributed by atoms with E-state index in [2.05, 4.69) is 25.3 Å². The maximum absolute atomic E-state index is 13.3. The number of alkyl halides is 6. The molecule has 0 spiro atoms. The molecule has 4 aromatic heterocycles. The first-order chi connectivity index (χ1) is 17.3. The number of rotatable bonds is 1. The molecule has 0 bridgehead atoms. The molecule has 0 aliphatic heterocycles. The average Bonchev–Trinajstić information content (AvgIpc) is 3.44. The van der Waals surface area contributed by atoms with Gasteiger partial charge >= 0.3 is 12.4 Å². The monoisotopic (exact) mass is 538 g/mol. The van der Waals surface area contributed by atoms with Crippen LogP contribution in [-0.4, -0.2) is 29.9 Å². The first kappa shape index (κ1) is 25.7. The van der Waals surface area contributed by atoms with Crippen LogP contribution >= 0.6 is 11.6 Å². The predicted octanol–water partition coefficient (Wildman–Crippen LogP) is 5.74. The van der Waals surface area contributed by atoms with Crippen molar-refractivity contribution < 1.29 is 26.3 Å². The van der Waals surface area contributed by atoms with E-state index >= 15 is 0 Å². The number of nitrogen functional groups attached to an aromatic ring is 1. The third-order valence-electron chi connectivity index (χ3n) is 5.18. The molecule has 0 aliphatic rings. The number of aryl methyl sites for hydroxylation is 1. The molecule has 37 heavy (non-hydrogen) atoms. The van der Waals surface area contributed by atoms with Gasteiger partial charge in [0.2, 0.25) is 0 Å². The minimum atomic E-state index is -4.54. The van der Waals surface area contributed by atoms with E-state index in [0.717, 1.165) is 24.5 Å². The van der Waals surface area contributed by atoms with Gasteiger partial charge in [0.25, 0.3) is 0 Å². The van der Waals surface area contributed by atoms with Crippen molar-refractivity contribution in [3.63, 3.8) is 0 Å². The molecule has 0 saturated carbocycles. The summed E-state index contributed by atoms with van der Waals surface area (Å²) in [5, 5.41) is 18.3. The van der Waals surface area contributed by atoms with E-state index in [1.54, 1.807) is 0 Å². The number of hydrogen-bond acceptors (Lipinski definition) is 6. The van der Waals surface area contributed by atoms with E-state index in [9.17, 15) is 26.3 Å². The van der Waals surface area contributed by atoms with Crippen LogP contribution in [-0.2, 0) is 19.4 Å². The number of fused-ring (bicyclic) bond motifs is 2. The Morgan fingerprint density at radius 3 is 2.30 bits per heavy atom. The van der Waals surface area contributed by atoms with Gasteiger partial charge < -0.3 is 5.73 Å². The summed E-state index contributed by atoms with van der Waals surface area (Å²) in [7, 11) is 1.52. The average molecular weight is 539 g/mol. The molecule has 1 aromatic carbocycles. The van der Waals surface area contributed by atoms with Gasteiger partial charge in [-0.1, -0.05) is 17.7 Å². The quantitative estimate of drug-likeness (QED) is 0.159. The summed E-state index contributed by atoms with van der Waals surface area (Å²) in [6, 6.07) is 8.05. The zero-order valence-corrected chi connectivity index (χ0v) is 19.2. The highest BCUT2D eigenvalue weighted by molar-refractivity contribution is 6.29. The number of benzene rings is 1. The smallest absolute Gasteiger partial charge is 0.398 e. The minimum Gasteiger partial charge on any atom is -0.398 e. The van der Waals surface area contributed by atoms with Gasteiger partial charge in [-0.3, -0.25) is 9.78 Å². The number of halogens is 7. The molecule has 5 aromatic rings. The van der Waals surface area contributed by atoms with E-state index in [4.69, 9.17) is 22.6 Å². The third-order valence-corrected chi connectivity index (χ3v) is 5.37. The van der Waals surface area contributed by atoms with Gasteiger partial charge in [-0.2, -0.15) is 41.8 Å². The van der Waals surface area contributed by atoms with Gasteiger partial charge in [0.05, 0.1) is 45.6 Å². The van der Waals surface area contributed by atoms with Crippen molar-refractivity contribution >= 4 is 39.4 Å². The van der Waals surface area contributed by atoms with Crippen LogP contribution in [0.25, 0.3) is 33.3 Å². The summed E-state index contributed by atoms with van der Waals surface area (Å²) in [6.07, 6.45) is -6.78. The molecule has 3 N–H and O–H groups in total. The molecule has 0 amide bonds. The Bertz CT molecular complexity index is 1660. The number of pyridine rings is 2. The standard InChI is InChI=1S/C15H10F3N5.C7H3ClF3N3/c1-23-14-10(7-21-23)11(15(16,17)18)5-13(22-14)8-2-3-12(20)9(4-8)6-19;8-5-1-4(7(9,10)11)3-2-12-14-6(3)13-5/h2-5,7H,20H2,1H3;1-2H,(H,12,13,14). The van der Waals surface area contributed by atoms with Gasteiger partial charge in [0.1, 0.15) is 11.2 Å². The summed E-state index contributed by atoms with van der Waals surface area (Å²) >= 11 is 5.43. The second-order valence-electron chi connectivity index (χ2n) is 7.59. The van der Waals surface area contributed by atoms with Crippen LogP contribution in [0.4, 0.5) is 32.0 Å². The summed E-state index contributed by atoms with van der Waals surface area (Å²) < 4.78 is 78.5. The number of aromatic nitrogens is 6. The molecular weight excluding hydrogens is 526 g/mol. The fourth-order valence-electron chi connectivity index (χ4n) is 3.44. The lowest BCUT2D eigenvalue weighted by molar-refractivity contribution is -0.137. The van der Waals surface area contributed by atoms with Crippen molar-refractivity contribution in [2.75, 3.05) is 5.73 Å². The summed E-state index contributed by atoms with van der Waals surface area (Å²) in [4.78, 5) is 7.89. The lowest BCUT2D eigenvalue weighted by Crippen LogP contribution is -2.07. The number of H-pyrrole nitrogens is 1. The Morgan fingerprint density at radius 2 is 1.65 bits per heavy atom. The molecule has 0 fully saturated rings. The number of anilines is 1. The Labute approximate surface area is 208 Å². The van der Waals surface area contributed by atoms with E-state index in [-0.39, 0.29) is 44.2 Å². The molecule has 0 radical (unpaired) electrons. The molecule has 15 heteroatoms. The van der Waals surface area contributed by atoms with Crippen molar-refractivity contribution in [3.8, 4) is 17.3 Å². The van der Waals surface area contributed by atoms with Crippen LogP contribution in [0, 0.1) is 11.3 Å². The predicted molar refractivity (Wildman–Crippen MR) is 122 cm³/mol. The fourth-order valence-corrected chi connectivity index (χ4v) is 3.64. The van der Waals surface area contributed by atoms with Gasteiger partial charge in [0, 0.05) is 18.3 Å². The SMILES string of the molecule is Cn1ncc2c(C(F)(F)F)cc(-c3ccc(N)c(C#N)c3)nc21.FC(F)(F)c1cc(Cl)nc2[nH]ncc12. The van der Waals surface area contributed by atoms with Crippen molar-refractivity contribution in [1.29, 1.82) is 5.26 Å². The Hall–Kier alpha value is -4.38. The maximum atomic E-state index is 13.3. The van der Waals surface area contributed by atoms with Gasteiger partial charge in [-0.15, -0.1) is 0 Å².